The van der Waals surface area contributed by atoms with E-state index in [1.807, 2.05) is 0 Å². The number of carbonyl (C=O) groups is 10. The van der Waals surface area contributed by atoms with Crippen LogP contribution in [0.1, 0.15) is 104 Å². The van der Waals surface area contributed by atoms with Crippen LogP contribution in [0.15, 0.2) is 18.3 Å². The van der Waals surface area contributed by atoms with Crippen LogP contribution in [0.5, 0.6) is 0 Å². The third-order valence-corrected chi connectivity index (χ3v) is 13.8. The molecule has 0 aromatic carbocycles. The number of hydrogen-bond donors (Lipinski definition) is 1. The van der Waals surface area contributed by atoms with Gasteiger partial charge in [-0.1, -0.05) is 20.8 Å². The van der Waals surface area contributed by atoms with Gasteiger partial charge in [0, 0.05) is 46.2 Å². The molecule has 4 unspecified atom stereocenters. The molecule has 2 spiro atoms. The SMILES string of the molecule is COC(=O)C[C@@H]1C(=O)CCC(C)C(=O)O[C@H]2[C@@H](OC(C)=O)[C@]3(COC1=O)[C@@H](OC(C)=O)[C@@H](OC(C)=O)[C@@H]1OC(=O)C(C)C(C)c4ncccc4C(=O)OC[C@]4(C)O[C@@]3(C(OC(C)=O)[C@@H]24)[C@@]1(C)O. The summed E-state index contributed by atoms with van der Waals surface area (Å²) in [5, 5.41) is 13.7. The Morgan fingerprint density at radius 3 is 2.00 bits per heavy atom. The minimum atomic E-state index is -2.98. The number of fused-ring (bicyclic) bond motifs is 7. The lowest BCUT2D eigenvalue weighted by Crippen LogP contribution is -2.89. The number of Topliss-reactive ketones (excluding diaryl/α,β-unsaturated/α-hetero) is 1. The van der Waals surface area contributed by atoms with Crippen LogP contribution < -0.4 is 0 Å². The lowest BCUT2D eigenvalue weighted by atomic mass is 9.45. The van der Waals surface area contributed by atoms with Crippen molar-refractivity contribution >= 4 is 59.5 Å². The van der Waals surface area contributed by atoms with Gasteiger partial charge in [0.05, 0.1) is 42.5 Å². The standard InChI is InChI=1S/C45H55NO21/c1-19-13-14-28(51)27(16-29(52)58-10)41(56)60-18-44-36(63-24(6)49)32(65-38(19)53)30-34(62-23(5)48)45(44)43(9,57)35(33(61-22(4)47)37(44)64-25(7)50)66-39(54)21(3)20(2)31-26(12-11-15-46-31)40(55)59-17-42(30,8)67-45/h11-12,15,19-21,27,30,32-37,57H,13-14,16-18H2,1-10H3/t19?,20?,21?,27-,30-,32-,33+,34?,35+,36-,37+,42+,43+,44-,45+/m1/s1. The van der Waals surface area contributed by atoms with Crippen LogP contribution in [0.3, 0.4) is 0 Å². The zero-order valence-corrected chi connectivity index (χ0v) is 38.7. The van der Waals surface area contributed by atoms with Crippen LogP contribution >= 0.6 is 0 Å². The molecule has 1 aromatic rings. The maximum Gasteiger partial charge on any atom is 0.340 e. The molecule has 5 aliphatic rings. The predicted molar refractivity (Wildman–Crippen MR) is 217 cm³/mol. The molecule has 1 aromatic heterocycles. The number of cyclic esters (lactones) is 2. The van der Waals surface area contributed by atoms with Crippen molar-refractivity contribution in [1.29, 1.82) is 0 Å². The highest BCUT2D eigenvalue weighted by Gasteiger charge is 2.92. The minimum Gasteiger partial charge on any atom is -0.469 e. The molecule has 4 heterocycles. The molecule has 2 saturated carbocycles. The lowest BCUT2D eigenvalue weighted by Gasteiger charge is -2.67. The number of esters is 9. The maximum atomic E-state index is 14.6. The van der Waals surface area contributed by atoms with Crippen LogP contribution in [-0.2, 0) is 90.5 Å². The molecule has 22 heteroatoms. The fourth-order valence-electron chi connectivity index (χ4n) is 10.6. The van der Waals surface area contributed by atoms with Gasteiger partial charge in [0.15, 0.2) is 30.0 Å². The number of rotatable bonds is 6. The first kappa shape index (κ1) is 50.4. The summed E-state index contributed by atoms with van der Waals surface area (Å²) in [6.07, 6.45) is -13.2. The Hall–Kier alpha value is -6.03. The molecule has 6 rings (SSSR count). The van der Waals surface area contributed by atoms with Crippen LogP contribution in [0, 0.1) is 29.1 Å². The Morgan fingerprint density at radius 2 is 1.39 bits per heavy atom. The Bertz CT molecular complexity index is 2240. The highest BCUT2D eigenvalue weighted by Crippen LogP contribution is 2.70. The molecule has 4 fully saturated rings. The number of aliphatic hydroxyl groups is 1. The molecule has 1 N–H and O–H groups in total. The normalized spacial score (nSPS) is 38.6. The fraction of sp³-hybridized carbons (Fsp3) is 0.667. The topological polar surface area (TPSA) is 296 Å². The number of aromatic nitrogens is 1. The van der Waals surface area contributed by atoms with Crippen LogP contribution in [0.25, 0.3) is 0 Å². The van der Waals surface area contributed by atoms with Crippen molar-refractivity contribution in [2.45, 2.75) is 141 Å². The van der Waals surface area contributed by atoms with E-state index in [0.29, 0.717) is 0 Å². The van der Waals surface area contributed by atoms with Gasteiger partial charge in [-0.3, -0.25) is 48.1 Å². The molecular weight excluding hydrogens is 890 g/mol. The molecular formula is C45H55NO21. The number of methoxy groups -OCH3 is 1. The van der Waals surface area contributed by atoms with Crippen molar-refractivity contribution in [3.63, 3.8) is 0 Å². The van der Waals surface area contributed by atoms with Gasteiger partial charge in [0.2, 0.25) is 0 Å². The van der Waals surface area contributed by atoms with E-state index in [2.05, 4.69) is 4.98 Å². The second-order valence-electron chi connectivity index (χ2n) is 18.2. The summed E-state index contributed by atoms with van der Waals surface area (Å²) in [6, 6.07) is 2.84. The summed E-state index contributed by atoms with van der Waals surface area (Å²) in [7, 11) is 1.01. The van der Waals surface area contributed by atoms with Gasteiger partial charge in [0.1, 0.15) is 53.7 Å². The van der Waals surface area contributed by atoms with Crippen LogP contribution in [0.4, 0.5) is 0 Å². The Balaban J connectivity index is 1.81. The van der Waals surface area contributed by atoms with Crippen molar-refractivity contribution in [2.75, 3.05) is 20.3 Å². The molecule has 15 atom stereocenters. The van der Waals surface area contributed by atoms with Gasteiger partial charge in [-0.05, 0) is 32.4 Å². The summed E-state index contributed by atoms with van der Waals surface area (Å²) in [5.41, 5.74) is -11.0. The van der Waals surface area contributed by atoms with Crippen molar-refractivity contribution < 1.29 is 100 Å². The van der Waals surface area contributed by atoms with Gasteiger partial charge in [-0.2, -0.15) is 0 Å². The zero-order chi connectivity index (χ0) is 49.7. The number of carbonyl (C=O) groups excluding carboxylic acids is 10. The third-order valence-electron chi connectivity index (χ3n) is 13.8. The van der Waals surface area contributed by atoms with E-state index in [1.54, 1.807) is 6.92 Å². The Kier molecular flexibility index (Phi) is 14.0. The van der Waals surface area contributed by atoms with E-state index in [-0.39, 0.29) is 17.7 Å². The Morgan fingerprint density at radius 1 is 0.776 bits per heavy atom. The molecule has 2 aliphatic carbocycles. The predicted octanol–water partition coefficient (Wildman–Crippen LogP) is 1.17. The van der Waals surface area contributed by atoms with E-state index in [4.69, 9.17) is 47.4 Å². The average Bonchev–Trinajstić information content (AvgIpc) is 3.47. The van der Waals surface area contributed by atoms with E-state index in [0.717, 1.165) is 41.7 Å². The molecule has 3 aliphatic heterocycles. The second-order valence-corrected chi connectivity index (χ2v) is 18.2. The van der Waals surface area contributed by atoms with Gasteiger partial charge >= 0.3 is 53.7 Å². The highest BCUT2D eigenvalue weighted by molar-refractivity contribution is 6.01. The first-order valence-electron chi connectivity index (χ1n) is 21.7. The lowest BCUT2D eigenvalue weighted by molar-refractivity contribution is -0.387. The van der Waals surface area contributed by atoms with Crippen LogP contribution in [-0.4, -0.2) is 143 Å². The third kappa shape index (κ3) is 8.50. The molecule has 6 bridgehead atoms. The van der Waals surface area contributed by atoms with Gasteiger partial charge in [-0.15, -0.1) is 0 Å². The molecule has 22 nitrogen and oxygen atoms in total. The van der Waals surface area contributed by atoms with Gasteiger partial charge in [0.25, 0.3) is 0 Å². The summed E-state index contributed by atoms with van der Waals surface area (Å²) in [5.74, 6) is -17.9. The van der Waals surface area contributed by atoms with E-state index >= 15 is 0 Å². The van der Waals surface area contributed by atoms with Crippen molar-refractivity contribution in [3.8, 4) is 0 Å². The Labute approximate surface area is 384 Å². The summed E-state index contributed by atoms with van der Waals surface area (Å²) in [6.45, 7) is 8.31. The largest absolute Gasteiger partial charge is 0.469 e. The van der Waals surface area contributed by atoms with E-state index in [1.165, 1.54) is 39.1 Å². The fourth-order valence-corrected chi connectivity index (χ4v) is 10.6. The molecule has 0 amide bonds. The number of pyridine rings is 1. The first-order chi connectivity index (χ1) is 31.3. The van der Waals surface area contributed by atoms with Crippen LogP contribution in [0.2, 0.25) is 0 Å². The van der Waals surface area contributed by atoms with Crippen molar-refractivity contribution in [3.05, 3.63) is 29.6 Å². The van der Waals surface area contributed by atoms with E-state index in [9.17, 15) is 53.1 Å². The zero-order valence-electron chi connectivity index (χ0n) is 38.7. The second kappa shape index (κ2) is 18.6. The summed E-state index contributed by atoms with van der Waals surface area (Å²) in [4.78, 5) is 143. The molecule has 366 valence electrons. The maximum absolute atomic E-state index is 14.6. The molecule has 0 radical (unpaired) electrons. The van der Waals surface area contributed by atoms with Gasteiger partial charge < -0.3 is 52.5 Å². The smallest absolute Gasteiger partial charge is 0.340 e. The van der Waals surface area contributed by atoms with Crippen molar-refractivity contribution in [2.24, 2.45) is 29.1 Å². The molecule has 2 saturated heterocycles. The quantitative estimate of drug-likeness (QED) is 0.238. The summed E-state index contributed by atoms with van der Waals surface area (Å²) >= 11 is 0. The number of nitrogens with zero attached hydrogens (tertiary/aromatic N) is 1. The highest BCUT2D eigenvalue weighted by atomic mass is 16.7. The number of ketones is 1. The average molecular weight is 946 g/mol. The van der Waals surface area contributed by atoms with Gasteiger partial charge in [-0.25, -0.2) is 4.79 Å². The first-order valence-corrected chi connectivity index (χ1v) is 21.7. The molecule has 67 heavy (non-hydrogen) atoms. The van der Waals surface area contributed by atoms with Crippen molar-refractivity contribution in [1.82, 2.24) is 4.98 Å². The summed E-state index contributed by atoms with van der Waals surface area (Å²) < 4.78 is 60.5. The number of ether oxygens (including phenoxy) is 10. The van der Waals surface area contributed by atoms with E-state index < -0.39 is 174 Å². The minimum absolute atomic E-state index is 0.0891. The monoisotopic (exact) mass is 945 g/mol. The number of hydrogen-bond acceptors (Lipinski definition) is 22.